The number of benzene rings is 1. The molecule has 0 saturated carbocycles. The van der Waals surface area contributed by atoms with Crippen LogP contribution >= 0.6 is 0 Å². The molecule has 1 aromatic rings. The molecule has 6 nitrogen and oxygen atoms in total. The quantitative estimate of drug-likeness (QED) is 0.523. The highest BCUT2D eigenvalue weighted by Gasteiger charge is 2.19. The number of guanidine groups is 2. The lowest BCUT2D eigenvalue weighted by molar-refractivity contribution is 0.687. The lowest BCUT2D eigenvalue weighted by Gasteiger charge is -2.15. The molecule has 0 aromatic heterocycles. The molecule has 0 bridgehead atoms. The minimum Gasteiger partial charge on any atom is -0.370 e. The average molecular weight is 244 g/mol. The molecule has 0 aliphatic rings. The summed E-state index contributed by atoms with van der Waals surface area (Å²) in [6, 6.07) is 9.42. The summed E-state index contributed by atoms with van der Waals surface area (Å²) in [5, 5.41) is 9.07. The average Bonchev–Trinajstić information content (AvgIpc) is 2.28. The third-order valence-electron chi connectivity index (χ3n) is 2.33. The van der Waals surface area contributed by atoms with Gasteiger partial charge in [0.25, 0.3) is 0 Å². The van der Waals surface area contributed by atoms with Gasteiger partial charge in [0.05, 0.1) is 17.2 Å². The van der Waals surface area contributed by atoms with Gasteiger partial charge in [-0.15, -0.1) is 0 Å². The van der Waals surface area contributed by atoms with Crippen molar-refractivity contribution in [1.82, 2.24) is 0 Å². The summed E-state index contributed by atoms with van der Waals surface area (Å²) in [5.74, 6) is -0.174. The van der Waals surface area contributed by atoms with Crippen LogP contribution in [0.4, 0.5) is 5.69 Å². The number of nitrogens with two attached hydrogens (primary N) is 3. The molecular weight excluding hydrogens is 228 g/mol. The standard InChI is InChI=1S/C12H16N6/c1-12(2,7-13)8-4-3-5-9(6-8)17-11(16)18-10(14)15/h3-6H,1-2H3,(H6,14,15,16,17,18). The van der Waals surface area contributed by atoms with Crippen molar-refractivity contribution in [2.45, 2.75) is 19.3 Å². The minimum absolute atomic E-state index is 0.0260. The van der Waals surface area contributed by atoms with E-state index >= 15 is 0 Å². The van der Waals surface area contributed by atoms with E-state index in [0.29, 0.717) is 5.69 Å². The second-order valence-electron chi connectivity index (χ2n) is 4.29. The zero-order chi connectivity index (χ0) is 13.8. The third-order valence-corrected chi connectivity index (χ3v) is 2.33. The van der Waals surface area contributed by atoms with Gasteiger partial charge in [-0.05, 0) is 31.5 Å². The molecule has 0 aliphatic heterocycles. The molecule has 94 valence electrons. The van der Waals surface area contributed by atoms with Crippen molar-refractivity contribution in [3.8, 4) is 6.07 Å². The van der Waals surface area contributed by atoms with Crippen molar-refractivity contribution in [2.75, 3.05) is 0 Å². The minimum atomic E-state index is -0.587. The van der Waals surface area contributed by atoms with E-state index < -0.39 is 5.41 Å². The molecular formula is C12H16N6. The summed E-state index contributed by atoms with van der Waals surface area (Å²) < 4.78 is 0. The van der Waals surface area contributed by atoms with Gasteiger partial charge in [0, 0.05) is 0 Å². The van der Waals surface area contributed by atoms with E-state index in [-0.39, 0.29) is 11.9 Å². The molecule has 0 saturated heterocycles. The van der Waals surface area contributed by atoms with Crippen molar-refractivity contribution in [2.24, 2.45) is 27.2 Å². The monoisotopic (exact) mass is 244 g/mol. The maximum Gasteiger partial charge on any atom is 0.223 e. The number of rotatable bonds is 2. The fraction of sp³-hybridized carbons (Fsp3) is 0.250. The van der Waals surface area contributed by atoms with Crippen LogP contribution in [0.5, 0.6) is 0 Å². The van der Waals surface area contributed by atoms with Crippen LogP contribution in [-0.2, 0) is 5.41 Å². The molecule has 0 atom stereocenters. The third kappa shape index (κ3) is 3.49. The number of hydrogen-bond donors (Lipinski definition) is 3. The molecule has 1 aromatic carbocycles. The van der Waals surface area contributed by atoms with E-state index in [1.165, 1.54) is 0 Å². The molecule has 6 heteroatoms. The van der Waals surface area contributed by atoms with Gasteiger partial charge in [-0.25, -0.2) is 4.99 Å². The number of aliphatic imine (C=N–C) groups is 2. The first kappa shape index (κ1) is 13.5. The van der Waals surface area contributed by atoms with Crippen LogP contribution < -0.4 is 17.2 Å². The van der Waals surface area contributed by atoms with Crippen molar-refractivity contribution >= 4 is 17.6 Å². The van der Waals surface area contributed by atoms with E-state index in [0.717, 1.165) is 5.56 Å². The maximum absolute atomic E-state index is 9.07. The summed E-state index contributed by atoms with van der Waals surface area (Å²) in [6.07, 6.45) is 0. The Hall–Kier alpha value is -2.55. The molecule has 0 radical (unpaired) electrons. The zero-order valence-electron chi connectivity index (χ0n) is 10.4. The van der Waals surface area contributed by atoms with E-state index in [4.69, 9.17) is 22.5 Å². The van der Waals surface area contributed by atoms with Gasteiger partial charge in [-0.3, -0.25) is 0 Å². The first-order valence-electron chi connectivity index (χ1n) is 5.31. The molecule has 0 amide bonds. The second kappa shape index (κ2) is 5.19. The Bertz CT molecular complexity index is 532. The normalized spacial score (nSPS) is 11.7. The van der Waals surface area contributed by atoms with Crippen LogP contribution in [0.25, 0.3) is 0 Å². The summed E-state index contributed by atoms with van der Waals surface area (Å²) in [4.78, 5) is 7.66. The van der Waals surface area contributed by atoms with Crippen molar-refractivity contribution in [3.05, 3.63) is 29.8 Å². The van der Waals surface area contributed by atoms with Crippen molar-refractivity contribution in [1.29, 1.82) is 5.26 Å². The van der Waals surface area contributed by atoms with Crippen LogP contribution in [-0.4, -0.2) is 11.9 Å². The molecule has 0 spiro atoms. The van der Waals surface area contributed by atoms with E-state index in [9.17, 15) is 0 Å². The van der Waals surface area contributed by atoms with E-state index in [2.05, 4.69) is 16.1 Å². The maximum atomic E-state index is 9.07. The highest BCUT2D eigenvalue weighted by Crippen LogP contribution is 2.25. The molecule has 6 N–H and O–H groups in total. The van der Waals surface area contributed by atoms with Gasteiger partial charge in [0.1, 0.15) is 0 Å². The van der Waals surface area contributed by atoms with Gasteiger partial charge in [0.2, 0.25) is 5.96 Å². The Morgan fingerprint density at radius 3 is 2.50 bits per heavy atom. The Morgan fingerprint density at radius 2 is 1.94 bits per heavy atom. The van der Waals surface area contributed by atoms with Crippen LogP contribution in [0.15, 0.2) is 34.3 Å². The number of nitrogens with zero attached hydrogens (tertiary/aromatic N) is 3. The van der Waals surface area contributed by atoms with Crippen LogP contribution in [0, 0.1) is 11.3 Å². The van der Waals surface area contributed by atoms with E-state index in [1.54, 1.807) is 18.2 Å². The van der Waals surface area contributed by atoms with Gasteiger partial charge in [0.15, 0.2) is 5.96 Å². The molecule has 18 heavy (non-hydrogen) atoms. The van der Waals surface area contributed by atoms with Gasteiger partial charge in [-0.2, -0.15) is 10.3 Å². The van der Waals surface area contributed by atoms with Crippen LogP contribution in [0.3, 0.4) is 0 Å². The second-order valence-corrected chi connectivity index (χ2v) is 4.29. The van der Waals surface area contributed by atoms with Crippen LogP contribution in [0.2, 0.25) is 0 Å². The summed E-state index contributed by atoms with van der Waals surface area (Å²) >= 11 is 0. The fourth-order valence-electron chi connectivity index (χ4n) is 1.32. The smallest absolute Gasteiger partial charge is 0.223 e. The van der Waals surface area contributed by atoms with Crippen LogP contribution in [0.1, 0.15) is 19.4 Å². The molecule has 1 rings (SSSR count). The Labute approximate surface area is 106 Å². The molecule has 0 fully saturated rings. The Morgan fingerprint density at radius 1 is 1.28 bits per heavy atom. The van der Waals surface area contributed by atoms with Gasteiger partial charge in [-0.1, -0.05) is 12.1 Å². The molecule has 0 heterocycles. The summed E-state index contributed by atoms with van der Waals surface area (Å²) in [5.41, 5.74) is 16.8. The number of hydrogen-bond acceptors (Lipinski definition) is 2. The number of nitriles is 1. The van der Waals surface area contributed by atoms with Crippen molar-refractivity contribution in [3.63, 3.8) is 0 Å². The SMILES string of the molecule is CC(C)(C#N)c1cccc(N=C(N)N=C(N)N)c1. The molecule has 0 aliphatic carbocycles. The first-order valence-corrected chi connectivity index (χ1v) is 5.31. The van der Waals surface area contributed by atoms with Gasteiger partial charge >= 0.3 is 0 Å². The van der Waals surface area contributed by atoms with E-state index in [1.807, 2.05) is 19.9 Å². The largest absolute Gasteiger partial charge is 0.370 e. The lowest BCUT2D eigenvalue weighted by atomic mass is 9.86. The zero-order valence-corrected chi connectivity index (χ0v) is 10.4. The highest BCUT2D eigenvalue weighted by molar-refractivity contribution is 5.93. The summed E-state index contributed by atoms with van der Waals surface area (Å²) in [6.45, 7) is 3.66. The predicted octanol–water partition coefficient (Wildman–Crippen LogP) is 0.707. The fourth-order valence-corrected chi connectivity index (χ4v) is 1.32. The molecule has 0 unspecified atom stereocenters. The lowest BCUT2D eigenvalue weighted by Crippen LogP contribution is -2.26. The Kier molecular flexibility index (Phi) is 3.89. The predicted molar refractivity (Wildman–Crippen MR) is 72.2 cm³/mol. The summed E-state index contributed by atoms with van der Waals surface area (Å²) in [7, 11) is 0. The highest BCUT2D eigenvalue weighted by atomic mass is 15.1. The Balaban J connectivity index is 3.12. The van der Waals surface area contributed by atoms with Gasteiger partial charge < -0.3 is 17.2 Å². The first-order chi connectivity index (χ1) is 8.35. The topological polar surface area (TPSA) is 127 Å². The van der Waals surface area contributed by atoms with Crippen molar-refractivity contribution < 1.29 is 0 Å².